The number of benzene rings is 4. The van der Waals surface area contributed by atoms with Crippen molar-refractivity contribution in [3.05, 3.63) is 113 Å². The van der Waals surface area contributed by atoms with E-state index in [1.54, 1.807) is 60.4 Å². The molecule has 0 aromatic heterocycles. The van der Waals surface area contributed by atoms with Gasteiger partial charge in [-0.15, -0.1) is 0 Å². The molecular weight excluding hydrogens is 666 g/mol. The Morgan fingerprint density at radius 2 is 1.78 bits per heavy atom. The zero-order valence-electron chi connectivity index (χ0n) is 27.5. The fourth-order valence-corrected chi connectivity index (χ4v) is 6.76. The van der Waals surface area contributed by atoms with Crippen molar-refractivity contribution < 1.29 is 27.9 Å². The lowest BCUT2D eigenvalue weighted by atomic mass is 9.99. The third-order valence-corrected chi connectivity index (χ3v) is 10.1. The van der Waals surface area contributed by atoms with Gasteiger partial charge in [0, 0.05) is 41.8 Å². The van der Waals surface area contributed by atoms with Gasteiger partial charge in [0.25, 0.3) is 21.8 Å². The predicted molar refractivity (Wildman–Crippen MR) is 191 cm³/mol. The van der Waals surface area contributed by atoms with Crippen LogP contribution in [0.5, 0.6) is 5.75 Å². The number of aliphatic hydroxyl groups is 1. The first kappa shape index (κ1) is 35.7. The highest BCUT2D eigenvalue weighted by Gasteiger charge is 2.34. The van der Waals surface area contributed by atoms with E-state index in [1.807, 2.05) is 26.1 Å². The van der Waals surface area contributed by atoms with Crippen molar-refractivity contribution in [3.8, 4) is 5.75 Å². The van der Waals surface area contributed by atoms with E-state index in [2.05, 4.69) is 14.9 Å². The molecule has 1 heterocycles. The lowest BCUT2D eigenvalue weighted by molar-refractivity contribution is 0.0341. The maximum absolute atomic E-state index is 13.8. The molecule has 5 rings (SSSR count). The number of carbonyl (C=O) groups is 2. The molecule has 0 radical (unpaired) electrons. The maximum atomic E-state index is 13.8. The summed E-state index contributed by atoms with van der Waals surface area (Å²) in [6.07, 6.45) is -0.358. The Bertz CT molecular complexity index is 1910. The van der Waals surface area contributed by atoms with Crippen LogP contribution in [-0.4, -0.2) is 74.0 Å². The van der Waals surface area contributed by atoms with Crippen LogP contribution in [0.1, 0.15) is 40.1 Å². The first-order valence-corrected chi connectivity index (χ1v) is 17.6. The molecule has 4 aromatic rings. The summed E-state index contributed by atoms with van der Waals surface area (Å²) < 4.78 is 35.2. The molecule has 0 saturated carbocycles. The van der Waals surface area contributed by atoms with Crippen LogP contribution >= 0.6 is 11.6 Å². The van der Waals surface area contributed by atoms with Crippen LogP contribution in [0.4, 0.5) is 17.1 Å². The number of halogens is 1. The highest BCUT2D eigenvalue weighted by molar-refractivity contribution is 7.92. The normalized spacial score (nSPS) is 17.0. The quantitative estimate of drug-likeness (QED) is 0.153. The van der Waals surface area contributed by atoms with Gasteiger partial charge in [0.1, 0.15) is 11.9 Å². The lowest BCUT2D eigenvalue weighted by Crippen LogP contribution is -2.49. The Labute approximate surface area is 291 Å². The molecule has 11 nitrogen and oxygen atoms in total. The molecule has 1 aliphatic rings. The van der Waals surface area contributed by atoms with Crippen molar-refractivity contribution in [2.24, 2.45) is 5.92 Å². The van der Waals surface area contributed by atoms with E-state index in [1.165, 1.54) is 30.3 Å². The van der Waals surface area contributed by atoms with Gasteiger partial charge >= 0.3 is 0 Å². The van der Waals surface area contributed by atoms with Crippen LogP contribution in [0, 0.1) is 5.92 Å². The number of fused-ring (bicyclic) bond motifs is 1. The van der Waals surface area contributed by atoms with Crippen LogP contribution in [0.15, 0.2) is 95.9 Å². The highest BCUT2D eigenvalue weighted by atomic mass is 35.5. The number of aliphatic hydroxyl groups excluding tert-OH is 1. The Morgan fingerprint density at radius 3 is 2.45 bits per heavy atom. The molecule has 2 amide bonds. The molecule has 258 valence electrons. The minimum absolute atomic E-state index is 0.0222. The van der Waals surface area contributed by atoms with Crippen LogP contribution in [0.25, 0.3) is 0 Å². The third-order valence-electron chi connectivity index (χ3n) is 8.41. The minimum atomic E-state index is -3.96. The monoisotopic (exact) mass is 705 g/mol. The number of para-hydroxylation sites is 2. The third kappa shape index (κ3) is 8.70. The van der Waals surface area contributed by atoms with Gasteiger partial charge in [-0.25, -0.2) is 8.42 Å². The molecule has 0 bridgehead atoms. The van der Waals surface area contributed by atoms with Crippen molar-refractivity contribution in [1.29, 1.82) is 0 Å². The van der Waals surface area contributed by atoms with Crippen molar-refractivity contribution >= 4 is 50.5 Å². The fourth-order valence-electron chi connectivity index (χ4n) is 5.58. The van der Waals surface area contributed by atoms with E-state index in [0.29, 0.717) is 47.3 Å². The Hall–Kier alpha value is -4.62. The molecule has 0 saturated heterocycles. The number of hydrogen-bond donors (Lipinski definition) is 4. The Morgan fingerprint density at radius 1 is 1.08 bits per heavy atom. The summed E-state index contributed by atoms with van der Waals surface area (Å²) in [5.41, 5.74) is 8.85. The fraction of sp³-hybridized carbons (Fsp3) is 0.278. The number of sulfonamides is 1. The zero-order valence-corrected chi connectivity index (χ0v) is 29.0. The summed E-state index contributed by atoms with van der Waals surface area (Å²) in [5, 5.41) is 13.2. The van der Waals surface area contributed by atoms with Crippen molar-refractivity contribution in [1.82, 2.24) is 9.80 Å². The molecule has 1 aliphatic heterocycles. The van der Waals surface area contributed by atoms with Crippen LogP contribution < -0.4 is 20.5 Å². The van der Waals surface area contributed by atoms with E-state index in [-0.39, 0.29) is 46.6 Å². The molecule has 5 N–H and O–H groups in total. The zero-order chi connectivity index (χ0) is 35.3. The van der Waals surface area contributed by atoms with Gasteiger partial charge in [0.05, 0.1) is 34.5 Å². The van der Waals surface area contributed by atoms with E-state index in [9.17, 15) is 23.1 Å². The molecule has 0 aliphatic carbocycles. The summed E-state index contributed by atoms with van der Waals surface area (Å²) in [5.74, 6) is -0.436. The molecule has 0 fully saturated rings. The molecule has 3 atom stereocenters. The van der Waals surface area contributed by atoms with E-state index >= 15 is 0 Å². The van der Waals surface area contributed by atoms with E-state index < -0.39 is 16.1 Å². The summed E-state index contributed by atoms with van der Waals surface area (Å²) >= 11 is 5.93. The largest absolute Gasteiger partial charge is 0.488 e. The van der Waals surface area contributed by atoms with Gasteiger partial charge in [0.2, 0.25) is 0 Å². The van der Waals surface area contributed by atoms with Crippen LogP contribution in [0.2, 0.25) is 5.02 Å². The number of anilines is 3. The number of ether oxygens (including phenoxy) is 1. The summed E-state index contributed by atoms with van der Waals surface area (Å²) in [6, 6.07) is 24.3. The topological polar surface area (TPSA) is 154 Å². The Kier molecular flexibility index (Phi) is 11.1. The van der Waals surface area contributed by atoms with Gasteiger partial charge in [0.15, 0.2) is 0 Å². The second-order valence-electron chi connectivity index (χ2n) is 12.3. The number of nitrogens with zero attached hydrogens (tertiary/aromatic N) is 2. The second kappa shape index (κ2) is 15.3. The molecule has 0 unspecified atom stereocenters. The standard InChI is InChI=1S/C36H40ClN5O6S/c1-23-19-42(24(2)22-43)36(45)30-18-28(40-49(46,47)29-15-12-27(37)13-16-29)14-17-33(30)48-34(23)21-41(3)20-25-8-10-26(11-9-25)35(44)39-32-7-5-4-6-31(32)38/h4-18,23-24,34,40,43H,19-22,38H2,1-3H3,(H,39,44)/t23-,24+,34+/m1/s1. The number of likely N-dealkylation sites (N-methyl/N-ethyl adjacent to an activating group) is 1. The number of nitrogens with one attached hydrogen (secondary N) is 2. The molecule has 49 heavy (non-hydrogen) atoms. The van der Waals surface area contributed by atoms with Crippen molar-refractivity contribution in [2.75, 3.05) is 42.5 Å². The van der Waals surface area contributed by atoms with Gasteiger partial charge < -0.3 is 25.8 Å². The first-order chi connectivity index (χ1) is 23.3. The second-order valence-corrected chi connectivity index (χ2v) is 14.4. The lowest BCUT2D eigenvalue weighted by Gasteiger charge is -2.38. The summed E-state index contributed by atoms with van der Waals surface area (Å²) in [4.78, 5) is 30.3. The molecule has 0 spiro atoms. The molecular formula is C36H40ClN5O6S. The van der Waals surface area contributed by atoms with Crippen LogP contribution in [-0.2, 0) is 16.6 Å². The van der Waals surface area contributed by atoms with Gasteiger partial charge in [-0.05, 0) is 86.3 Å². The van der Waals surface area contributed by atoms with E-state index in [0.717, 1.165) is 5.56 Å². The number of amides is 2. The summed E-state index contributed by atoms with van der Waals surface area (Å²) in [7, 11) is -2.00. The van der Waals surface area contributed by atoms with Crippen molar-refractivity contribution in [2.45, 2.75) is 37.4 Å². The molecule has 4 aromatic carbocycles. The number of nitrogens with two attached hydrogens (primary N) is 1. The minimum Gasteiger partial charge on any atom is -0.488 e. The van der Waals surface area contributed by atoms with Gasteiger partial charge in [-0.3, -0.25) is 19.2 Å². The molecule has 13 heteroatoms. The smallest absolute Gasteiger partial charge is 0.261 e. The van der Waals surface area contributed by atoms with Crippen molar-refractivity contribution in [3.63, 3.8) is 0 Å². The van der Waals surface area contributed by atoms with Gasteiger partial charge in [-0.2, -0.15) is 0 Å². The van der Waals surface area contributed by atoms with E-state index in [4.69, 9.17) is 22.1 Å². The average molecular weight is 706 g/mol. The van der Waals surface area contributed by atoms with Crippen LogP contribution in [0.3, 0.4) is 0 Å². The highest BCUT2D eigenvalue weighted by Crippen LogP contribution is 2.32. The first-order valence-electron chi connectivity index (χ1n) is 15.8. The van der Waals surface area contributed by atoms with Gasteiger partial charge in [-0.1, -0.05) is 42.8 Å². The average Bonchev–Trinajstić information content (AvgIpc) is 3.07. The number of hydrogen-bond acceptors (Lipinski definition) is 8. The number of rotatable bonds is 11. The Balaban J connectivity index is 1.32. The maximum Gasteiger partial charge on any atom is 0.261 e. The number of nitrogen functional groups attached to an aromatic ring is 1. The summed E-state index contributed by atoms with van der Waals surface area (Å²) in [6.45, 7) is 4.89. The number of carbonyl (C=O) groups excluding carboxylic acids is 2. The predicted octanol–water partition coefficient (Wildman–Crippen LogP) is 5.33. The SMILES string of the molecule is C[C@@H]1CN([C@@H](C)CO)C(=O)c2cc(NS(=O)(=O)c3ccc(Cl)cc3)ccc2O[C@H]1CN(C)Cc1ccc(C(=O)Nc2ccccc2N)cc1.